The third-order valence-electron chi connectivity index (χ3n) is 6.22. The molecule has 5 nitrogen and oxygen atoms in total. The van der Waals surface area contributed by atoms with Gasteiger partial charge in [-0.05, 0) is 57.3 Å². The maximum absolute atomic E-state index is 13.0. The Balaban J connectivity index is 1.54. The number of hydrogen-bond donors (Lipinski definition) is 0. The topological polar surface area (TPSA) is 61.8 Å². The van der Waals surface area contributed by atoms with E-state index in [9.17, 15) is 9.59 Å². The van der Waals surface area contributed by atoms with E-state index < -0.39 is 11.0 Å². The largest absolute Gasteiger partial charge is 0.456 e. The van der Waals surface area contributed by atoms with E-state index in [-0.39, 0.29) is 18.2 Å². The quantitative estimate of drug-likeness (QED) is 0.584. The average molecular weight is 334 g/mol. The predicted octanol–water partition coefficient (Wildman–Crippen LogP) is 3.12. The van der Waals surface area contributed by atoms with E-state index in [0.29, 0.717) is 30.4 Å². The van der Waals surface area contributed by atoms with Gasteiger partial charge in [-0.3, -0.25) is 4.79 Å². The summed E-state index contributed by atoms with van der Waals surface area (Å²) < 4.78 is 17.0. The zero-order chi connectivity index (χ0) is 16.9. The van der Waals surface area contributed by atoms with Crippen molar-refractivity contribution < 1.29 is 23.8 Å². The fourth-order valence-corrected chi connectivity index (χ4v) is 5.71. The molecule has 0 aromatic carbocycles. The molecule has 0 spiro atoms. The van der Waals surface area contributed by atoms with Crippen LogP contribution in [0.3, 0.4) is 0 Å². The van der Waals surface area contributed by atoms with Crippen LogP contribution in [0.5, 0.6) is 0 Å². The highest BCUT2D eigenvalue weighted by molar-refractivity contribution is 5.87. The molecule has 5 aliphatic rings. The Kier molecular flexibility index (Phi) is 3.75. The summed E-state index contributed by atoms with van der Waals surface area (Å²) >= 11 is 0. The Morgan fingerprint density at radius 3 is 2.46 bits per heavy atom. The Morgan fingerprint density at radius 1 is 1.17 bits per heavy atom. The molecule has 5 fully saturated rings. The molecule has 0 aromatic rings. The van der Waals surface area contributed by atoms with Gasteiger partial charge in [0, 0.05) is 18.4 Å². The van der Waals surface area contributed by atoms with Crippen LogP contribution in [-0.4, -0.2) is 30.4 Å². The van der Waals surface area contributed by atoms with Crippen molar-refractivity contribution in [2.45, 2.75) is 70.2 Å². The van der Waals surface area contributed by atoms with Crippen molar-refractivity contribution in [3.8, 4) is 0 Å². The van der Waals surface area contributed by atoms with Gasteiger partial charge in [-0.1, -0.05) is 6.58 Å². The summed E-state index contributed by atoms with van der Waals surface area (Å²) in [5.74, 6) is 0.418. The van der Waals surface area contributed by atoms with Crippen molar-refractivity contribution >= 4 is 11.9 Å². The van der Waals surface area contributed by atoms with Crippen LogP contribution in [0, 0.1) is 17.3 Å². The molecule has 0 radical (unpaired) electrons. The van der Waals surface area contributed by atoms with Crippen molar-refractivity contribution in [2.75, 3.05) is 6.61 Å². The van der Waals surface area contributed by atoms with E-state index >= 15 is 0 Å². The number of ether oxygens (including phenoxy) is 3. The number of hydrogen-bond acceptors (Lipinski definition) is 5. The molecule has 4 aliphatic carbocycles. The van der Waals surface area contributed by atoms with Crippen molar-refractivity contribution in [3.63, 3.8) is 0 Å². The lowest BCUT2D eigenvalue weighted by molar-refractivity contribution is -0.221. The fourth-order valence-electron chi connectivity index (χ4n) is 5.71. The Hall–Kier alpha value is -1.36. The minimum atomic E-state index is -0.504. The molecular formula is C19H26O5. The molecule has 1 heterocycles. The summed E-state index contributed by atoms with van der Waals surface area (Å²) in [5.41, 5.74) is -0.581. The third kappa shape index (κ3) is 2.67. The summed E-state index contributed by atoms with van der Waals surface area (Å²) in [6, 6.07) is 0. The number of carbonyl (C=O) groups excluding carboxylic acids is 2. The van der Waals surface area contributed by atoms with Gasteiger partial charge < -0.3 is 14.2 Å². The van der Waals surface area contributed by atoms with Gasteiger partial charge in [0.2, 0.25) is 6.29 Å². The summed E-state index contributed by atoms with van der Waals surface area (Å²) in [4.78, 5) is 25.1. The number of carbonyl (C=O) groups is 2. The molecular weight excluding hydrogens is 308 g/mol. The molecule has 4 saturated carbocycles. The first-order valence-electron chi connectivity index (χ1n) is 9.11. The van der Waals surface area contributed by atoms with Gasteiger partial charge in [0.15, 0.2) is 0 Å². The third-order valence-corrected chi connectivity index (χ3v) is 6.22. The number of esters is 2. The van der Waals surface area contributed by atoms with Crippen LogP contribution in [0.1, 0.15) is 58.3 Å². The SMILES string of the molecule is C=C(C)C(=O)OC12CC3CC(C1)CC(C(=O)OC1CCCO1)(C3)C2. The van der Waals surface area contributed by atoms with Gasteiger partial charge in [-0.25, -0.2) is 4.79 Å². The summed E-state index contributed by atoms with van der Waals surface area (Å²) in [5, 5.41) is 0. The molecule has 1 aliphatic heterocycles. The first kappa shape index (κ1) is 16.1. The van der Waals surface area contributed by atoms with E-state index in [4.69, 9.17) is 14.2 Å². The fraction of sp³-hybridized carbons (Fsp3) is 0.789. The van der Waals surface area contributed by atoms with Gasteiger partial charge in [-0.2, -0.15) is 0 Å². The summed E-state index contributed by atoms with van der Waals surface area (Å²) in [6.07, 6.45) is 6.54. The summed E-state index contributed by atoms with van der Waals surface area (Å²) in [6.45, 7) is 6.03. The van der Waals surface area contributed by atoms with Crippen LogP contribution in [0.4, 0.5) is 0 Å². The molecule has 132 valence electrons. The standard InChI is InChI=1S/C19H26O5/c1-12(2)16(20)24-19-9-13-6-14(10-19)8-18(7-13,11-19)17(21)23-15-4-3-5-22-15/h13-15H,1,3-11H2,2H3. The number of rotatable bonds is 4. The van der Waals surface area contributed by atoms with E-state index in [1.165, 1.54) is 0 Å². The molecule has 0 amide bonds. The van der Waals surface area contributed by atoms with Crippen LogP contribution in [0.25, 0.3) is 0 Å². The van der Waals surface area contributed by atoms with E-state index in [1.54, 1.807) is 6.92 Å². The maximum Gasteiger partial charge on any atom is 0.333 e. The lowest BCUT2D eigenvalue weighted by Gasteiger charge is -2.59. The monoisotopic (exact) mass is 334 g/mol. The lowest BCUT2D eigenvalue weighted by Crippen LogP contribution is -2.60. The first-order chi connectivity index (χ1) is 11.4. The highest BCUT2D eigenvalue weighted by Gasteiger charge is 2.63. The molecule has 3 atom stereocenters. The minimum absolute atomic E-state index is 0.140. The molecule has 24 heavy (non-hydrogen) atoms. The van der Waals surface area contributed by atoms with Crippen molar-refractivity contribution in [2.24, 2.45) is 17.3 Å². The molecule has 5 rings (SSSR count). The molecule has 1 saturated heterocycles. The second-order valence-electron chi connectivity index (χ2n) is 8.44. The van der Waals surface area contributed by atoms with Crippen molar-refractivity contribution in [1.82, 2.24) is 0 Å². The summed E-state index contributed by atoms with van der Waals surface area (Å²) in [7, 11) is 0. The second kappa shape index (κ2) is 5.58. The first-order valence-corrected chi connectivity index (χ1v) is 9.11. The van der Waals surface area contributed by atoms with Gasteiger partial charge in [0.1, 0.15) is 5.60 Å². The van der Waals surface area contributed by atoms with Gasteiger partial charge in [0.25, 0.3) is 0 Å². The Bertz CT molecular complexity index is 560. The molecule has 0 N–H and O–H groups in total. The van der Waals surface area contributed by atoms with E-state index in [0.717, 1.165) is 44.9 Å². The van der Waals surface area contributed by atoms with Gasteiger partial charge in [0.05, 0.1) is 12.0 Å². The van der Waals surface area contributed by atoms with Gasteiger partial charge in [-0.15, -0.1) is 0 Å². The Morgan fingerprint density at radius 2 is 1.88 bits per heavy atom. The van der Waals surface area contributed by atoms with Gasteiger partial charge >= 0.3 is 11.9 Å². The van der Waals surface area contributed by atoms with Crippen LogP contribution >= 0.6 is 0 Å². The van der Waals surface area contributed by atoms with Crippen LogP contribution in [0.15, 0.2) is 12.2 Å². The van der Waals surface area contributed by atoms with Crippen molar-refractivity contribution in [1.29, 1.82) is 0 Å². The zero-order valence-electron chi connectivity index (χ0n) is 14.3. The zero-order valence-corrected chi connectivity index (χ0v) is 14.3. The maximum atomic E-state index is 13.0. The lowest BCUT2D eigenvalue weighted by atomic mass is 9.48. The van der Waals surface area contributed by atoms with Crippen LogP contribution < -0.4 is 0 Å². The van der Waals surface area contributed by atoms with Crippen LogP contribution in [0.2, 0.25) is 0 Å². The van der Waals surface area contributed by atoms with E-state index in [1.807, 2.05) is 0 Å². The minimum Gasteiger partial charge on any atom is -0.456 e. The normalized spacial score (nSPS) is 42.8. The predicted molar refractivity (Wildman–Crippen MR) is 85.8 cm³/mol. The average Bonchev–Trinajstić information content (AvgIpc) is 2.98. The molecule has 3 unspecified atom stereocenters. The van der Waals surface area contributed by atoms with Crippen LogP contribution in [-0.2, 0) is 23.8 Å². The second-order valence-corrected chi connectivity index (χ2v) is 8.44. The molecule has 0 aromatic heterocycles. The Labute approximate surface area is 142 Å². The molecule has 5 heteroatoms. The molecule has 4 bridgehead atoms. The van der Waals surface area contributed by atoms with Crippen molar-refractivity contribution in [3.05, 3.63) is 12.2 Å². The highest BCUT2D eigenvalue weighted by Crippen LogP contribution is 2.63. The smallest absolute Gasteiger partial charge is 0.333 e. The van der Waals surface area contributed by atoms with E-state index in [2.05, 4.69) is 6.58 Å². The highest BCUT2D eigenvalue weighted by atomic mass is 16.7.